The number of nitrogens with one attached hydrogen (secondary N) is 1. The van der Waals surface area contributed by atoms with Crippen LogP contribution in [0.5, 0.6) is 5.75 Å². The second-order valence-electron chi connectivity index (χ2n) is 7.47. The molecule has 4 rings (SSSR count). The minimum absolute atomic E-state index is 0.00677. The van der Waals surface area contributed by atoms with Gasteiger partial charge in [-0.1, -0.05) is 30.3 Å². The van der Waals surface area contributed by atoms with Gasteiger partial charge in [0.15, 0.2) is 0 Å². The molecule has 0 radical (unpaired) electrons. The molecule has 0 spiro atoms. The summed E-state index contributed by atoms with van der Waals surface area (Å²) in [6.45, 7) is 1.79. The van der Waals surface area contributed by atoms with Gasteiger partial charge in [0.1, 0.15) is 18.2 Å². The maximum atomic E-state index is 13.2. The zero-order valence-electron chi connectivity index (χ0n) is 17.6. The first kappa shape index (κ1) is 22.0. The first-order chi connectivity index (χ1) is 15.4. The van der Waals surface area contributed by atoms with Gasteiger partial charge in [0.2, 0.25) is 10.0 Å². The molecule has 166 valence electrons. The number of aromatic nitrogens is 2. The number of hydrogen-bond donors (Lipinski definition) is 1. The Morgan fingerprint density at radius 2 is 1.81 bits per heavy atom. The number of nitrogens with zero attached hydrogens (tertiary/aromatic N) is 2. The molecular formula is C24H24FN3O3S. The first-order valence-corrected chi connectivity index (χ1v) is 12.0. The van der Waals surface area contributed by atoms with Gasteiger partial charge in [-0.15, -0.1) is 0 Å². The lowest BCUT2D eigenvalue weighted by molar-refractivity contribution is 0.278. The predicted molar refractivity (Wildman–Crippen MR) is 123 cm³/mol. The number of benzene rings is 3. The summed E-state index contributed by atoms with van der Waals surface area (Å²) in [7, 11) is -3.38. The smallest absolute Gasteiger partial charge is 0.211 e. The Morgan fingerprint density at radius 1 is 1.06 bits per heavy atom. The second-order valence-corrected chi connectivity index (χ2v) is 9.51. The molecule has 0 amide bonds. The predicted octanol–water partition coefficient (Wildman–Crippen LogP) is 4.09. The standard InChI is InChI=1S/C24H24FN3O3S/c1-2-32(29,30)27-21(14-18-6-4-3-5-7-18)17-31-23-12-13-24-19(15-23)16-26-28(24)22-10-8-20(25)9-11-22/h3-13,15-16,21,27H,2,14,17H2,1H3. The molecule has 0 saturated carbocycles. The van der Waals surface area contributed by atoms with Crippen molar-refractivity contribution < 1.29 is 17.5 Å². The van der Waals surface area contributed by atoms with E-state index < -0.39 is 16.1 Å². The number of hydrogen-bond acceptors (Lipinski definition) is 4. The van der Waals surface area contributed by atoms with Crippen LogP contribution in [0.1, 0.15) is 12.5 Å². The van der Waals surface area contributed by atoms with E-state index in [1.54, 1.807) is 29.9 Å². The molecule has 1 heterocycles. The van der Waals surface area contributed by atoms with Crippen molar-refractivity contribution in [3.05, 3.63) is 90.4 Å². The van der Waals surface area contributed by atoms with Gasteiger partial charge in [-0.3, -0.25) is 0 Å². The lowest BCUT2D eigenvalue weighted by atomic mass is 10.1. The Balaban J connectivity index is 1.51. The van der Waals surface area contributed by atoms with Crippen LogP contribution in [-0.4, -0.2) is 36.6 Å². The fourth-order valence-electron chi connectivity index (χ4n) is 3.46. The van der Waals surface area contributed by atoms with Crippen LogP contribution in [-0.2, 0) is 16.4 Å². The summed E-state index contributed by atoms with van der Waals surface area (Å²) >= 11 is 0. The van der Waals surface area contributed by atoms with Crippen molar-refractivity contribution in [3.63, 3.8) is 0 Å². The van der Waals surface area contributed by atoms with Crippen LogP contribution in [0.15, 0.2) is 79.0 Å². The van der Waals surface area contributed by atoms with E-state index in [1.165, 1.54) is 12.1 Å². The van der Waals surface area contributed by atoms with Crippen LogP contribution in [0.3, 0.4) is 0 Å². The van der Waals surface area contributed by atoms with E-state index in [9.17, 15) is 12.8 Å². The van der Waals surface area contributed by atoms with Crippen LogP contribution >= 0.6 is 0 Å². The third-order valence-corrected chi connectivity index (χ3v) is 6.57. The first-order valence-electron chi connectivity index (χ1n) is 10.3. The molecule has 0 aliphatic rings. The molecule has 1 atom stereocenters. The van der Waals surface area contributed by atoms with Gasteiger partial charge < -0.3 is 4.74 Å². The quantitative estimate of drug-likeness (QED) is 0.414. The van der Waals surface area contributed by atoms with Gasteiger partial charge >= 0.3 is 0 Å². The molecule has 4 aromatic rings. The van der Waals surface area contributed by atoms with Gasteiger partial charge in [-0.2, -0.15) is 5.10 Å². The van der Waals surface area contributed by atoms with Gasteiger partial charge in [0.05, 0.1) is 29.2 Å². The molecule has 0 fully saturated rings. The van der Waals surface area contributed by atoms with E-state index in [0.717, 1.165) is 22.2 Å². The van der Waals surface area contributed by atoms with Crippen LogP contribution in [0.25, 0.3) is 16.6 Å². The Bertz CT molecular complexity index is 1290. The summed E-state index contributed by atoms with van der Waals surface area (Å²) in [6, 6.07) is 21.0. The number of ether oxygens (including phenoxy) is 1. The fraction of sp³-hybridized carbons (Fsp3) is 0.208. The van der Waals surface area contributed by atoms with E-state index in [4.69, 9.17) is 4.74 Å². The van der Waals surface area contributed by atoms with Crippen molar-refractivity contribution in [2.24, 2.45) is 0 Å². The summed E-state index contributed by atoms with van der Waals surface area (Å²) in [5, 5.41) is 5.26. The highest BCUT2D eigenvalue weighted by Crippen LogP contribution is 2.23. The van der Waals surface area contributed by atoms with E-state index in [0.29, 0.717) is 12.2 Å². The van der Waals surface area contributed by atoms with E-state index >= 15 is 0 Å². The highest BCUT2D eigenvalue weighted by molar-refractivity contribution is 7.89. The molecule has 3 aromatic carbocycles. The Morgan fingerprint density at radius 3 is 2.53 bits per heavy atom. The highest BCUT2D eigenvalue weighted by Gasteiger charge is 2.18. The van der Waals surface area contributed by atoms with Gasteiger partial charge in [0.25, 0.3) is 0 Å². The highest BCUT2D eigenvalue weighted by atomic mass is 32.2. The van der Waals surface area contributed by atoms with Crippen molar-refractivity contribution >= 4 is 20.9 Å². The summed E-state index contributed by atoms with van der Waals surface area (Å²) in [5.41, 5.74) is 2.64. The molecule has 1 unspecified atom stereocenters. The average molecular weight is 454 g/mol. The van der Waals surface area contributed by atoms with E-state index in [2.05, 4.69) is 9.82 Å². The van der Waals surface area contributed by atoms with Crippen molar-refractivity contribution in [2.45, 2.75) is 19.4 Å². The van der Waals surface area contributed by atoms with Crippen molar-refractivity contribution in [1.29, 1.82) is 0 Å². The molecule has 0 bridgehead atoms. The molecule has 1 aromatic heterocycles. The zero-order valence-corrected chi connectivity index (χ0v) is 18.4. The zero-order chi connectivity index (χ0) is 22.6. The van der Waals surface area contributed by atoms with Crippen LogP contribution in [0, 0.1) is 5.82 Å². The third-order valence-electron chi connectivity index (χ3n) is 5.11. The topological polar surface area (TPSA) is 73.2 Å². The van der Waals surface area contributed by atoms with Gasteiger partial charge in [-0.25, -0.2) is 22.2 Å². The maximum absolute atomic E-state index is 13.2. The summed E-state index contributed by atoms with van der Waals surface area (Å²) in [5.74, 6) is 0.321. The Labute approximate surface area is 186 Å². The largest absolute Gasteiger partial charge is 0.492 e. The molecule has 0 aliphatic carbocycles. The van der Waals surface area contributed by atoms with E-state index in [-0.39, 0.29) is 18.2 Å². The summed E-state index contributed by atoms with van der Waals surface area (Å²) in [4.78, 5) is 0. The lowest BCUT2D eigenvalue weighted by Gasteiger charge is -2.19. The van der Waals surface area contributed by atoms with Crippen LogP contribution in [0.2, 0.25) is 0 Å². The van der Waals surface area contributed by atoms with Crippen molar-refractivity contribution in [2.75, 3.05) is 12.4 Å². The van der Waals surface area contributed by atoms with Crippen LogP contribution < -0.4 is 9.46 Å². The van der Waals surface area contributed by atoms with Crippen LogP contribution in [0.4, 0.5) is 4.39 Å². The average Bonchev–Trinajstić information content (AvgIpc) is 3.22. The summed E-state index contributed by atoms with van der Waals surface area (Å²) in [6.07, 6.45) is 2.23. The maximum Gasteiger partial charge on any atom is 0.211 e. The fourth-order valence-corrected chi connectivity index (χ4v) is 4.28. The van der Waals surface area contributed by atoms with Gasteiger partial charge in [-0.05, 0) is 61.4 Å². The van der Waals surface area contributed by atoms with Crippen molar-refractivity contribution in [3.8, 4) is 11.4 Å². The number of rotatable bonds is 9. The minimum atomic E-state index is -3.38. The molecule has 6 nitrogen and oxygen atoms in total. The minimum Gasteiger partial charge on any atom is -0.492 e. The lowest BCUT2D eigenvalue weighted by Crippen LogP contribution is -2.41. The molecule has 1 N–H and O–H groups in total. The Kier molecular flexibility index (Phi) is 6.53. The van der Waals surface area contributed by atoms with Crippen molar-refractivity contribution in [1.82, 2.24) is 14.5 Å². The molecular weight excluding hydrogens is 429 g/mol. The molecule has 0 aliphatic heterocycles. The normalized spacial score (nSPS) is 12.7. The third kappa shape index (κ3) is 5.33. The molecule has 0 saturated heterocycles. The molecule has 8 heteroatoms. The number of fused-ring (bicyclic) bond motifs is 1. The Hall–Kier alpha value is -3.23. The van der Waals surface area contributed by atoms with E-state index in [1.807, 2.05) is 48.5 Å². The number of sulfonamides is 1. The monoisotopic (exact) mass is 453 g/mol. The second kappa shape index (κ2) is 9.50. The molecule has 32 heavy (non-hydrogen) atoms. The van der Waals surface area contributed by atoms with Gasteiger partial charge in [0, 0.05) is 5.39 Å². The number of halogens is 1. The SMILES string of the molecule is CCS(=O)(=O)NC(COc1ccc2c(cnn2-c2ccc(F)cc2)c1)Cc1ccccc1. The summed E-state index contributed by atoms with van der Waals surface area (Å²) < 4.78 is 47.9.